The second kappa shape index (κ2) is 4.63. The molecule has 0 bridgehead atoms. The quantitative estimate of drug-likeness (QED) is 0.819. The zero-order valence-corrected chi connectivity index (χ0v) is 9.93. The predicted octanol–water partition coefficient (Wildman–Crippen LogP) is 1.41. The van der Waals surface area contributed by atoms with E-state index in [2.05, 4.69) is 10.0 Å². The van der Waals surface area contributed by atoms with Gasteiger partial charge in [-0.05, 0) is 39.1 Å². The standard InChI is InChI=1S/C10H16N2O2S/c1-8(2)12-9-5-4-6-10(7-9)15(13,14)11-3/h4-8,11-12H,1-3H3. The molecule has 84 valence electrons. The first-order valence-corrected chi connectivity index (χ1v) is 6.24. The molecule has 0 unspecified atom stereocenters. The predicted molar refractivity (Wildman–Crippen MR) is 61.4 cm³/mol. The van der Waals surface area contributed by atoms with Gasteiger partial charge in [0.1, 0.15) is 0 Å². The van der Waals surface area contributed by atoms with Crippen LogP contribution in [0.2, 0.25) is 0 Å². The Hall–Kier alpha value is -1.07. The summed E-state index contributed by atoms with van der Waals surface area (Å²) in [5.74, 6) is 0. The maximum Gasteiger partial charge on any atom is 0.240 e. The van der Waals surface area contributed by atoms with Crippen molar-refractivity contribution in [2.75, 3.05) is 12.4 Å². The van der Waals surface area contributed by atoms with Gasteiger partial charge in [-0.25, -0.2) is 13.1 Å². The van der Waals surface area contributed by atoms with Gasteiger partial charge in [-0.3, -0.25) is 0 Å². The van der Waals surface area contributed by atoms with Crippen LogP contribution in [0, 0.1) is 0 Å². The van der Waals surface area contributed by atoms with E-state index in [1.54, 1.807) is 18.2 Å². The van der Waals surface area contributed by atoms with E-state index < -0.39 is 10.0 Å². The zero-order chi connectivity index (χ0) is 11.5. The molecule has 1 aromatic carbocycles. The Morgan fingerprint density at radius 3 is 2.47 bits per heavy atom. The Kier molecular flexibility index (Phi) is 3.71. The topological polar surface area (TPSA) is 58.2 Å². The molecule has 0 aliphatic rings. The highest BCUT2D eigenvalue weighted by atomic mass is 32.2. The highest BCUT2D eigenvalue weighted by Gasteiger charge is 2.11. The Bertz CT molecular complexity index is 427. The molecular formula is C10H16N2O2S. The van der Waals surface area contributed by atoms with Crippen LogP contribution in [0.1, 0.15) is 13.8 Å². The molecule has 0 amide bonds. The summed E-state index contributed by atoms with van der Waals surface area (Å²) in [4.78, 5) is 0.274. The number of anilines is 1. The summed E-state index contributed by atoms with van der Waals surface area (Å²) in [6.07, 6.45) is 0. The maximum atomic E-state index is 11.5. The Labute approximate surface area is 90.8 Å². The van der Waals surface area contributed by atoms with Crippen LogP contribution in [0.25, 0.3) is 0 Å². The highest BCUT2D eigenvalue weighted by Crippen LogP contribution is 2.15. The molecule has 0 aliphatic heterocycles. The normalized spacial score (nSPS) is 11.7. The molecule has 0 saturated heterocycles. The Balaban J connectivity index is 3.03. The molecule has 2 N–H and O–H groups in total. The van der Waals surface area contributed by atoms with Crippen molar-refractivity contribution in [2.24, 2.45) is 0 Å². The van der Waals surface area contributed by atoms with Crippen LogP contribution in [-0.2, 0) is 10.0 Å². The van der Waals surface area contributed by atoms with E-state index in [4.69, 9.17) is 0 Å². The molecule has 0 aliphatic carbocycles. The molecule has 5 heteroatoms. The Morgan fingerprint density at radius 1 is 1.27 bits per heavy atom. The lowest BCUT2D eigenvalue weighted by molar-refractivity contribution is 0.588. The number of hydrogen-bond donors (Lipinski definition) is 2. The SMILES string of the molecule is CNS(=O)(=O)c1cccc(NC(C)C)c1. The first-order valence-electron chi connectivity index (χ1n) is 4.76. The third-order valence-corrected chi connectivity index (χ3v) is 3.28. The number of nitrogens with one attached hydrogen (secondary N) is 2. The largest absolute Gasteiger partial charge is 0.383 e. The molecule has 0 fully saturated rings. The first-order chi connectivity index (χ1) is 6.95. The van der Waals surface area contributed by atoms with Gasteiger partial charge in [0.15, 0.2) is 0 Å². The van der Waals surface area contributed by atoms with E-state index in [-0.39, 0.29) is 10.9 Å². The fraction of sp³-hybridized carbons (Fsp3) is 0.400. The van der Waals surface area contributed by atoms with Crippen LogP contribution >= 0.6 is 0 Å². The minimum Gasteiger partial charge on any atom is -0.383 e. The number of benzene rings is 1. The summed E-state index contributed by atoms with van der Waals surface area (Å²) in [7, 11) is -1.95. The summed E-state index contributed by atoms with van der Waals surface area (Å²) in [6.45, 7) is 4.00. The molecule has 4 nitrogen and oxygen atoms in total. The number of hydrogen-bond acceptors (Lipinski definition) is 3. The average molecular weight is 228 g/mol. The van der Waals surface area contributed by atoms with E-state index in [9.17, 15) is 8.42 Å². The summed E-state index contributed by atoms with van der Waals surface area (Å²) in [6, 6.07) is 7.02. The van der Waals surface area contributed by atoms with E-state index in [1.165, 1.54) is 7.05 Å². The fourth-order valence-corrected chi connectivity index (χ4v) is 1.98. The minimum atomic E-state index is -3.35. The van der Waals surface area contributed by atoms with Crippen LogP contribution in [0.5, 0.6) is 0 Å². The lowest BCUT2D eigenvalue weighted by Gasteiger charge is -2.11. The maximum absolute atomic E-state index is 11.5. The van der Waals surface area contributed by atoms with Crippen molar-refractivity contribution in [1.29, 1.82) is 0 Å². The van der Waals surface area contributed by atoms with E-state index in [0.717, 1.165) is 5.69 Å². The van der Waals surface area contributed by atoms with Gasteiger partial charge in [-0.1, -0.05) is 6.07 Å². The summed E-state index contributed by atoms with van der Waals surface area (Å²) < 4.78 is 25.3. The average Bonchev–Trinajstić information content (AvgIpc) is 2.17. The van der Waals surface area contributed by atoms with Crippen molar-refractivity contribution in [2.45, 2.75) is 24.8 Å². The second-order valence-electron chi connectivity index (χ2n) is 3.53. The fourth-order valence-electron chi connectivity index (χ4n) is 1.20. The van der Waals surface area contributed by atoms with Crippen LogP contribution in [-0.4, -0.2) is 21.5 Å². The van der Waals surface area contributed by atoms with E-state index >= 15 is 0 Å². The van der Waals surface area contributed by atoms with Crippen molar-refractivity contribution in [3.8, 4) is 0 Å². The van der Waals surface area contributed by atoms with Crippen LogP contribution < -0.4 is 10.0 Å². The molecule has 0 spiro atoms. The van der Waals surface area contributed by atoms with Crippen LogP contribution in [0.4, 0.5) is 5.69 Å². The molecule has 1 rings (SSSR count). The van der Waals surface area contributed by atoms with Crippen molar-refractivity contribution < 1.29 is 8.42 Å². The van der Waals surface area contributed by atoms with Crippen molar-refractivity contribution in [3.05, 3.63) is 24.3 Å². The lowest BCUT2D eigenvalue weighted by atomic mass is 10.3. The summed E-state index contributed by atoms with van der Waals surface area (Å²) in [5, 5.41) is 3.15. The monoisotopic (exact) mass is 228 g/mol. The molecule has 0 heterocycles. The molecule has 1 aromatic rings. The molecule has 0 radical (unpaired) electrons. The van der Waals surface area contributed by atoms with Gasteiger partial charge in [0.05, 0.1) is 4.90 Å². The van der Waals surface area contributed by atoms with Gasteiger partial charge in [-0.15, -0.1) is 0 Å². The van der Waals surface area contributed by atoms with Crippen molar-refractivity contribution >= 4 is 15.7 Å². The Morgan fingerprint density at radius 2 is 1.93 bits per heavy atom. The van der Waals surface area contributed by atoms with Gasteiger partial charge < -0.3 is 5.32 Å². The first kappa shape index (κ1) is 12.0. The summed E-state index contributed by atoms with van der Waals surface area (Å²) >= 11 is 0. The second-order valence-corrected chi connectivity index (χ2v) is 5.42. The lowest BCUT2D eigenvalue weighted by Crippen LogP contribution is -2.19. The van der Waals surface area contributed by atoms with Gasteiger partial charge in [0.2, 0.25) is 10.0 Å². The molecule has 15 heavy (non-hydrogen) atoms. The van der Waals surface area contributed by atoms with Crippen molar-refractivity contribution in [3.63, 3.8) is 0 Å². The summed E-state index contributed by atoms with van der Waals surface area (Å²) in [5.41, 5.74) is 0.807. The van der Waals surface area contributed by atoms with Gasteiger partial charge in [0.25, 0.3) is 0 Å². The van der Waals surface area contributed by atoms with E-state index in [0.29, 0.717) is 0 Å². The zero-order valence-electron chi connectivity index (χ0n) is 9.11. The molecular weight excluding hydrogens is 212 g/mol. The molecule has 0 atom stereocenters. The minimum absolute atomic E-state index is 0.274. The van der Waals surface area contributed by atoms with Crippen LogP contribution in [0.15, 0.2) is 29.2 Å². The molecule has 0 saturated carbocycles. The number of rotatable bonds is 4. The van der Waals surface area contributed by atoms with Crippen LogP contribution in [0.3, 0.4) is 0 Å². The van der Waals surface area contributed by atoms with Gasteiger partial charge in [-0.2, -0.15) is 0 Å². The highest BCUT2D eigenvalue weighted by molar-refractivity contribution is 7.89. The molecule has 0 aromatic heterocycles. The van der Waals surface area contributed by atoms with Crippen molar-refractivity contribution in [1.82, 2.24) is 4.72 Å². The van der Waals surface area contributed by atoms with Gasteiger partial charge >= 0.3 is 0 Å². The van der Waals surface area contributed by atoms with E-state index in [1.807, 2.05) is 19.9 Å². The smallest absolute Gasteiger partial charge is 0.240 e. The number of sulfonamides is 1. The van der Waals surface area contributed by atoms with Gasteiger partial charge in [0, 0.05) is 11.7 Å². The third-order valence-electron chi connectivity index (χ3n) is 1.87. The third kappa shape index (κ3) is 3.21.